The number of amides is 2. The third kappa shape index (κ3) is 4.60. The standard InChI is InChI=1S/C23H23FN6O4/c1-11-6-13(24)16(8-19(11)32)28-15-4-5-26-22-20(15)23(34)30-17-7-12(2-3-14(17)29-22)9-27-18(10-31)21(25)33/h2-8,18,27,31-32H,9-10H2,1H3,(H2,25,33)(H,30,34)(H2,26,28,29). The highest BCUT2D eigenvalue weighted by Crippen LogP contribution is 2.36. The quantitative estimate of drug-likeness (QED) is 0.279. The van der Waals surface area contributed by atoms with E-state index >= 15 is 0 Å². The molecule has 1 atom stereocenters. The minimum Gasteiger partial charge on any atom is -0.508 e. The summed E-state index contributed by atoms with van der Waals surface area (Å²) < 4.78 is 14.4. The van der Waals surface area contributed by atoms with Crippen LogP contribution in [-0.2, 0) is 11.3 Å². The van der Waals surface area contributed by atoms with Crippen LogP contribution in [0.4, 0.5) is 33.0 Å². The number of halogens is 1. The van der Waals surface area contributed by atoms with E-state index in [-0.39, 0.29) is 29.4 Å². The van der Waals surface area contributed by atoms with Gasteiger partial charge in [0.05, 0.1) is 29.4 Å². The predicted octanol–water partition coefficient (Wildman–Crippen LogP) is 2.22. The summed E-state index contributed by atoms with van der Waals surface area (Å²) in [5.41, 5.74) is 7.84. The summed E-state index contributed by atoms with van der Waals surface area (Å²) >= 11 is 0. The number of phenols is 1. The molecule has 2 amide bonds. The Morgan fingerprint density at radius 2 is 1.97 bits per heavy atom. The van der Waals surface area contributed by atoms with Gasteiger partial charge in [0.2, 0.25) is 5.91 Å². The van der Waals surface area contributed by atoms with E-state index in [2.05, 4.69) is 26.3 Å². The summed E-state index contributed by atoms with van der Waals surface area (Å²) in [6, 6.07) is 8.30. The Balaban J connectivity index is 1.61. The first-order chi connectivity index (χ1) is 16.3. The average molecular weight is 466 g/mol. The molecule has 0 fully saturated rings. The molecule has 1 aromatic heterocycles. The Bertz CT molecular complexity index is 1280. The summed E-state index contributed by atoms with van der Waals surface area (Å²) in [5.74, 6) is -1.56. The maximum atomic E-state index is 14.4. The molecule has 2 heterocycles. The molecule has 0 bridgehead atoms. The molecule has 0 spiro atoms. The molecule has 11 heteroatoms. The number of benzene rings is 2. The van der Waals surface area contributed by atoms with Crippen LogP contribution in [0.15, 0.2) is 42.6 Å². The number of rotatable bonds is 7. The normalized spacial score (nSPS) is 13.1. The maximum absolute atomic E-state index is 14.4. The molecule has 0 radical (unpaired) electrons. The minimum absolute atomic E-state index is 0.00677. The molecule has 1 aliphatic heterocycles. The molecule has 8 N–H and O–H groups in total. The Morgan fingerprint density at radius 3 is 2.71 bits per heavy atom. The summed E-state index contributed by atoms with van der Waals surface area (Å²) in [6.45, 7) is 1.37. The van der Waals surface area contributed by atoms with Crippen LogP contribution in [-0.4, -0.2) is 39.7 Å². The van der Waals surface area contributed by atoms with Gasteiger partial charge in [-0.2, -0.15) is 0 Å². The first-order valence-corrected chi connectivity index (χ1v) is 10.4. The number of aromatic hydroxyl groups is 1. The minimum atomic E-state index is -0.893. The number of aliphatic hydroxyl groups excluding tert-OH is 1. The number of aryl methyl sites for hydroxylation is 1. The third-order valence-corrected chi connectivity index (χ3v) is 5.40. The molecule has 176 valence electrons. The highest BCUT2D eigenvalue weighted by molar-refractivity contribution is 6.15. The van der Waals surface area contributed by atoms with Crippen LogP contribution in [0.2, 0.25) is 0 Å². The lowest BCUT2D eigenvalue weighted by Gasteiger charge is -2.14. The maximum Gasteiger partial charge on any atom is 0.261 e. The number of fused-ring (bicyclic) bond motifs is 2. The Labute approximate surface area is 194 Å². The summed E-state index contributed by atoms with van der Waals surface area (Å²) in [4.78, 5) is 28.7. The average Bonchev–Trinajstić information content (AvgIpc) is 2.93. The Kier molecular flexibility index (Phi) is 6.30. The second-order valence-corrected chi connectivity index (χ2v) is 7.80. The van der Waals surface area contributed by atoms with Gasteiger partial charge in [0, 0.05) is 18.8 Å². The van der Waals surface area contributed by atoms with E-state index in [0.29, 0.717) is 22.6 Å². The van der Waals surface area contributed by atoms with Gasteiger partial charge in [-0.05, 0) is 42.3 Å². The van der Waals surface area contributed by atoms with Crippen molar-refractivity contribution in [3.8, 4) is 5.75 Å². The highest BCUT2D eigenvalue weighted by Gasteiger charge is 2.24. The third-order valence-electron chi connectivity index (χ3n) is 5.40. The lowest BCUT2D eigenvalue weighted by molar-refractivity contribution is -0.120. The summed E-state index contributed by atoms with van der Waals surface area (Å²) in [6.07, 6.45) is 1.47. The zero-order chi connectivity index (χ0) is 24.4. The van der Waals surface area contributed by atoms with Gasteiger partial charge in [-0.25, -0.2) is 9.37 Å². The van der Waals surface area contributed by atoms with Gasteiger partial charge in [-0.3, -0.25) is 14.9 Å². The first-order valence-electron chi connectivity index (χ1n) is 10.4. The molecule has 1 unspecified atom stereocenters. The van der Waals surface area contributed by atoms with Gasteiger partial charge >= 0.3 is 0 Å². The van der Waals surface area contributed by atoms with Crippen LogP contribution in [0.1, 0.15) is 21.5 Å². The van der Waals surface area contributed by atoms with Crippen molar-refractivity contribution in [1.29, 1.82) is 0 Å². The fourth-order valence-corrected chi connectivity index (χ4v) is 3.52. The van der Waals surface area contributed by atoms with Gasteiger partial charge in [-0.1, -0.05) is 6.07 Å². The number of nitrogens with two attached hydrogens (primary N) is 1. The van der Waals surface area contributed by atoms with Gasteiger partial charge < -0.3 is 31.9 Å². The summed E-state index contributed by atoms with van der Waals surface area (Å²) in [5, 5.41) is 30.8. The molecule has 1 aliphatic rings. The number of carbonyl (C=O) groups is 2. The van der Waals surface area contributed by atoms with E-state index in [4.69, 9.17) is 5.73 Å². The van der Waals surface area contributed by atoms with Crippen molar-refractivity contribution in [2.45, 2.75) is 19.5 Å². The largest absolute Gasteiger partial charge is 0.508 e. The SMILES string of the molecule is Cc1cc(F)c(Nc2ccnc3c2C(=O)Nc2cc(CNC(CO)C(N)=O)ccc2N3)cc1O. The van der Waals surface area contributed by atoms with E-state index in [1.54, 1.807) is 25.1 Å². The first kappa shape index (κ1) is 23.0. The molecule has 0 saturated carbocycles. The van der Waals surface area contributed by atoms with E-state index in [1.807, 2.05) is 0 Å². The number of nitrogens with one attached hydrogen (secondary N) is 4. The molecule has 34 heavy (non-hydrogen) atoms. The zero-order valence-corrected chi connectivity index (χ0v) is 18.1. The van der Waals surface area contributed by atoms with Crippen molar-refractivity contribution >= 4 is 40.4 Å². The number of carbonyl (C=O) groups excluding carboxylic acids is 2. The number of hydrogen-bond acceptors (Lipinski definition) is 8. The van der Waals surface area contributed by atoms with Gasteiger partial charge in [-0.15, -0.1) is 0 Å². The number of anilines is 5. The van der Waals surface area contributed by atoms with E-state index < -0.39 is 30.3 Å². The monoisotopic (exact) mass is 466 g/mol. The zero-order valence-electron chi connectivity index (χ0n) is 18.1. The molecular formula is C23H23FN6O4. The fraction of sp³-hybridized carbons (Fsp3) is 0.174. The van der Waals surface area contributed by atoms with Crippen molar-refractivity contribution < 1.29 is 24.2 Å². The van der Waals surface area contributed by atoms with Crippen LogP contribution >= 0.6 is 0 Å². The smallest absolute Gasteiger partial charge is 0.261 e. The van der Waals surface area contributed by atoms with Crippen LogP contribution in [0, 0.1) is 12.7 Å². The second kappa shape index (κ2) is 9.33. The van der Waals surface area contributed by atoms with Crippen molar-refractivity contribution in [3.05, 3.63) is 65.1 Å². The van der Waals surface area contributed by atoms with Crippen LogP contribution in [0.25, 0.3) is 0 Å². The van der Waals surface area contributed by atoms with Gasteiger partial charge in [0.15, 0.2) is 0 Å². The van der Waals surface area contributed by atoms with Crippen LogP contribution < -0.4 is 27.0 Å². The number of phenolic OH excluding ortho intramolecular Hbond substituents is 1. The lowest BCUT2D eigenvalue weighted by Crippen LogP contribution is -2.43. The van der Waals surface area contributed by atoms with E-state index in [1.165, 1.54) is 24.4 Å². The van der Waals surface area contributed by atoms with Gasteiger partial charge in [0.1, 0.15) is 29.0 Å². The van der Waals surface area contributed by atoms with Crippen molar-refractivity contribution in [1.82, 2.24) is 10.3 Å². The molecule has 0 saturated heterocycles. The number of hydrogen-bond donors (Lipinski definition) is 7. The van der Waals surface area contributed by atoms with Crippen molar-refractivity contribution in [2.75, 3.05) is 22.6 Å². The molecule has 10 nitrogen and oxygen atoms in total. The topological polar surface area (TPSA) is 162 Å². The number of aromatic nitrogens is 1. The van der Waals surface area contributed by atoms with E-state index in [0.717, 1.165) is 5.56 Å². The Morgan fingerprint density at radius 1 is 1.18 bits per heavy atom. The molecule has 4 rings (SSSR count). The predicted molar refractivity (Wildman–Crippen MR) is 125 cm³/mol. The number of aliphatic hydroxyl groups is 1. The lowest BCUT2D eigenvalue weighted by atomic mass is 10.1. The molecule has 3 aromatic rings. The van der Waals surface area contributed by atoms with Crippen molar-refractivity contribution in [3.63, 3.8) is 0 Å². The van der Waals surface area contributed by atoms with E-state index in [9.17, 15) is 24.2 Å². The number of primary amides is 1. The van der Waals surface area contributed by atoms with Gasteiger partial charge in [0.25, 0.3) is 5.91 Å². The Hall–Kier alpha value is -4.22. The molecule has 2 aromatic carbocycles. The molecular weight excluding hydrogens is 443 g/mol. The van der Waals surface area contributed by atoms with Crippen LogP contribution in [0.5, 0.6) is 5.75 Å². The molecule has 0 aliphatic carbocycles. The fourth-order valence-electron chi connectivity index (χ4n) is 3.52. The second-order valence-electron chi connectivity index (χ2n) is 7.80. The number of pyridine rings is 1. The van der Waals surface area contributed by atoms with Crippen molar-refractivity contribution in [2.24, 2.45) is 5.73 Å². The number of nitrogens with zero attached hydrogens (tertiary/aromatic N) is 1. The summed E-state index contributed by atoms with van der Waals surface area (Å²) in [7, 11) is 0. The van der Waals surface area contributed by atoms with Crippen LogP contribution in [0.3, 0.4) is 0 Å². The highest BCUT2D eigenvalue weighted by atomic mass is 19.1.